The van der Waals surface area contributed by atoms with Crippen LogP contribution in [0.1, 0.15) is 11.1 Å². The highest BCUT2D eigenvalue weighted by molar-refractivity contribution is 5.81. The maximum atomic E-state index is 12.6. The highest BCUT2D eigenvalue weighted by atomic mass is 16.5. The Morgan fingerprint density at radius 1 is 0.714 bits per heavy atom. The summed E-state index contributed by atoms with van der Waals surface area (Å²) in [5.74, 6) is 1.56. The number of methoxy groups -OCH3 is 2. The molecule has 0 spiro atoms. The summed E-state index contributed by atoms with van der Waals surface area (Å²) in [4.78, 5) is 28.9. The van der Waals surface area contributed by atoms with E-state index in [4.69, 9.17) is 9.47 Å². The molecule has 28 heavy (non-hydrogen) atoms. The predicted molar refractivity (Wildman–Crippen MR) is 107 cm³/mol. The largest absolute Gasteiger partial charge is 0.496 e. The van der Waals surface area contributed by atoms with Gasteiger partial charge >= 0.3 is 0 Å². The van der Waals surface area contributed by atoms with E-state index in [1.807, 2.05) is 58.3 Å². The first-order valence-corrected chi connectivity index (χ1v) is 9.41. The number of rotatable bonds is 6. The zero-order valence-electron chi connectivity index (χ0n) is 16.4. The van der Waals surface area contributed by atoms with Gasteiger partial charge in [-0.05, 0) is 12.1 Å². The maximum absolute atomic E-state index is 12.6. The van der Waals surface area contributed by atoms with Crippen molar-refractivity contribution in [3.63, 3.8) is 0 Å². The number of piperazine rings is 1. The van der Waals surface area contributed by atoms with E-state index < -0.39 is 0 Å². The molecule has 1 saturated heterocycles. The third-order valence-electron chi connectivity index (χ3n) is 5.05. The monoisotopic (exact) mass is 382 g/mol. The molecule has 0 aliphatic carbocycles. The summed E-state index contributed by atoms with van der Waals surface area (Å²) in [7, 11) is 3.21. The fourth-order valence-corrected chi connectivity index (χ4v) is 3.45. The summed E-state index contributed by atoms with van der Waals surface area (Å²) in [6, 6.07) is 15.1. The van der Waals surface area contributed by atoms with Crippen LogP contribution in [-0.2, 0) is 22.4 Å². The molecule has 3 rings (SSSR count). The van der Waals surface area contributed by atoms with E-state index in [9.17, 15) is 9.59 Å². The zero-order valence-corrected chi connectivity index (χ0v) is 16.4. The number of nitrogens with zero attached hydrogens (tertiary/aromatic N) is 2. The van der Waals surface area contributed by atoms with Gasteiger partial charge in [-0.3, -0.25) is 9.59 Å². The number of benzene rings is 2. The van der Waals surface area contributed by atoms with Gasteiger partial charge in [-0.25, -0.2) is 0 Å². The molecule has 0 atom stereocenters. The lowest BCUT2D eigenvalue weighted by molar-refractivity contribution is -0.138. The third-order valence-corrected chi connectivity index (χ3v) is 5.05. The molecule has 2 aromatic rings. The Morgan fingerprint density at radius 2 is 1.07 bits per heavy atom. The summed E-state index contributed by atoms with van der Waals surface area (Å²) >= 11 is 0. The van der Waals surface area contributed by atoms with Gasteiger partial charge in [0.05, 0.1) is 27.1 Å². The first kappa shape index (κ1) is 19.7. The average molecular weight is 382 g/mol. The van der Waals surface area contributed by atoms with E-state index >= 15 is 0 Å². The van der Waals surface area contributed by atoms with Crippen molar-refractivity contribution >= 4 is 11.8 Å². The van der Waals surface area contributed by atoms with Crippen LogP contribution in [0.3, 0.4) is 0 Å². The van der Waals surface area contributed by atoms with Crippen molar-refractivity contribution in [2.24, 2.45) is 0 Å². The molecule has 2 amide bonds. The summed E-state index contributed by atoms with van der Waals surface area (Å²) in [5.41, 5.74) is 1.76. The molecule has 6 nitrogen and oxygen atoms in total. The smallest absolute Gasteiger partial charge is 0.227 e. The number of hydrogen-bond donors (Lipinski definition) is 0. The third kappa shape index (κ3) is 4.63. The van der Waals surface area contributed by atoms with E-state index in [0.717, 1.165) is 22.6 Å². The number of amides is 2. The normalized spacial score (nSPS) is 13.9. The van der Waals surface area contributed by atoms with Crippen LogP contribution in [0, 0.1) is 0 Å². The van der Waals surface area contributed by atoms with Gasteiger partial charge in [-0.15, -0.1) is 0 Å². The lowest BCUT2D eigenvalue weighted by Gasteiger charge is -2.35. The van der Waals surface area contributed by atoms with Crippen molar-refractivity contribution in [3.8, 4) is 11.5 Å². The second-order valence-corrected chi connectivity index (χ2v) is 6.74. The summed E-state index contributed by atoms with van der Waals surface area (Å²) in [6.45, 7) is 2.19. The van der Waals surface area contributed by atoms with Gasteiger partial charge in [-0.1, -0.05) is 36.4 Å². The van der Waals surface area contributed by atoms with Crippen molar-refractivity contribution < 1.29 is 19.1 Å². The van der Waals surface area contributed by atoms with E-state index in [0.29, 0.717) is 39.0 Å². The Balaban J connectivity index is 1.53. The van der Waals surface area contributed by atoms with Crippen LogP contribution in [-0.4, -0.2) is 62.0 Å². The van der Waals surface area contributed by atoms with Gasteiger partial charge in [-0.2, -0.15) is 0 Å². The van der Waals surface area contributed by atoms with Crippen molar-refractivity contribution in [2.75, 3.05) is 40.4 Å². The molecule has 2 aromatic carbocycles. The van der Waals surface area contributed by atoms with Crippen molar-refractivity contribution in [2.45, 2.75) is 12.8 Å². The molecule has 0 aromatic heterocycles. The predicted octanol–water partition coefficient (Wildman–Crippen LogP) is 2.16. The van der Waals surface area contributed by atoms with Crippen LogP contribution in [0.2, 0.25) is 0 Å². The molecule has 148 valence electrons. The molecule has 0 bridgehead atoms. The molecule has 1 aliphatic rings. The maximum Gasteiger partial charge on any atom is 0.227 e. The standard InChI is InChI=1S/C22H26N2O4/c1-27-19-9-5-3-7-17(19)15-21(25)23-11-13-24(14-12-23)22(26)16-18-8-4-6-10-20(18)28-2/h3-10H,11-16H2,1-2H3. The summed E-state index contributed by atoms with van der Waals surface area (Å²) < 4.78 is 10.6. The summed E-state index contributed by atoms with van der Waals surface area (Å²) in [6.07, 6.45) is 0.609. The van der Waals surface area contributed by atoms with Crippen molar-refractivity contribution in [3.05, 3.63) is 59.7 Å². The molecule has 6 heteroatoms. The first-order chi connectivity index (χ1) is 13.6. The number of carbonyl (C=O) groups excluding carboxylic acids is 2. The highest BCUT2D eigenvalue weighted by Crippen LogP contribution is 2.20. The Hall–Kier alpha value is -3.02. The fraction of sp³-hybridized carbons (Fsp3) is 0.364. The minimum Gasteiger partial charge on any atom is -0.496 e. The Kier molecular flexibility index (Phi) is 6.53. The number of para-hydroxylation sites is 2. The molecule has 1 heterocycles. The lowest BCUT2D eigenvalue weighted by Crippen LogP contribution is -2.51. The zero-order chi connectivity index (χ0) is 19.9. The van der Waals surface area contributed by atoms with Crippen molar-refractivity contribution in [1.29, 1.82) is 0 Å². The van der Waals surface area contributed by atoms with Gasteiger partial charge in [0.2, 0.25) is 11.8 Å². The van der Waals surface area contributed by atoms with E-state index in [1.54, 1.807) is 14.2 Å². The van der Waals surface area contributed by atoms with Crippen LogP contribution in [0.15, 0.2) is 48.5 Å². The minimum atomic E-state index is 0.0568. The molecule has 1 aliphatic heterocycles. The SMILES string of the molecule is COc1ccccc1CC(=O)N1CCN(C(=O)Cc2ccccc2OC)CC1. The van der Waals surface area contributed by atoms with Crippen LogP contribution >= 0.6 is 0 Å². The number of ether oxygens (including phenoxy) is 2. The van der Waals surface area contributed by atoms with E-state index in [-0.39, 0.29) is 11.8 Å². The fourth-order valence-electron chi connectivity index (χ4n) is 3.45. The first-order valence-electron chi connectivity index (χ1n) is 9.41. The van der Waals surface area contributed by atoms with Gasteiger partial charge in [0.15, 0.2) is 0 Å². The van der Waals surface area contributed by atoms with E-state index in [1.165, 1.54) is 0 Å². The second-order valence-electron chi connectivity index (χ2n) is 6.74. The highest BCUT2D eigenvalue weighted by Gasteiger charge is 2.25. The number of carbonyl (C=O) groups is 2. The molecule has 0 radical (unpaired) electrons. The molecule has 0 N–H and O–H groups in total. The lowest BCUT2D eigenvalue weighted by atomic mass is 10.1. The van der Waals surface area contributed by atoms with Gasteiger partial charge in [0.1, 0.15) is 11.5 Å². The van der Waals surface area contributed by atoms with Crippen LogP contribution < -0.4 is 9.47 Å². The number of hydrogen-bond acceptors (Lipinski definition) is 4. The van der Waals surface area contributed by atoms with Crippen LogP contribution in [0.25, 0.3) is 0 Å². The van der Waals surface area contributed by atoms with Crippen LogP contribution in [0.4, 0.5) is 0 Å². The molecule has 0 unspecified atom stereocenters. The Bertz CT molecular complexity index is 759. The quantitative estimate of drug-likeness (QED) is 0.768. The van der Waals surface area contributed by atoms with Crippen LogP contribution in [0.5, 0.6) is 11.5 Å². The molecule has 1 fully saturated rings. The molecular weight excluding hydrogens is 356 g/mol. The van der Waals surface area contributed by atoms with Crippen molar-refractivity contribution in [1.82, 2.24) is 9.80 Å². The Morgan fingerprint density at radius 3 is 1.43 bits per heavy atom. The molecular formula is C22H26N2O4. The average Bonchev–Trinajstić information content (AvgIpc) is 2.74. The van der Waals surface area contributed by atoms with E-state index in [2.05, 4.69) is 0 Å². The molecule has 0 saturated carbocycles. The topological polar surface area (TPSA) is 59.1 Å². The Labute approximate surface area is 165 Å². The van der Waals surface area contributed by atoms with Gasteiger partial charge < -0.3 is 19.3 Å². The summed E-state index contributed by atoms with van der Waals surface area (Å²) in [5, 5.41) is 0. The van der Waals surface area contributed by atoms with Gasteiger partial charge in [0.25, 0.3) is 0 Å². The second kappa shape index (κ2) is 9.26. The minimum absolute atomic E-state index is 0.0568. The van der Waals surface area contributed by atoms with Gasteiger partial charge in [0, 0.05) is 37.3 Å².